The summed E-state index contributed by atoms with van der Waals surface area (Å²) >= 11 is 0. The first-order valence-corrected chi connectivity index (χ1v) is 7.79. The van der Waals surface area contributed by atoms with Gasteiger partial charge in [0.25, 0.3) is 0 Å². The molecule has 0 radical (unpaired) electrons. The second-order valence-electron chi connectivity index (χ2n) is 4.58. The molecule has 0 saturated carbocycles. The van der Waals surface area contributed by atoms with E-state index in [1.165, 1.54) is 36.4 Å². The molecule has 0 spiro atoms. The molecule has 22 heavy (non-hydrogen) atoms. The average molecular weight is 331 g/mol. The number of nitrogens with two attached hydrogens (primary N) is 1. The van der Waals surface area contributed by atoms with Crippen LogP contribution in [-0.2, 0) is 22.0 Å². The van der Waals surface area contributed by atoms with E-state index in [4.69, 9.17) is 9.88 Å². The number of rotatable bonds is 4. The third kappa shape index (κ3) is 4.74. The molecule has 2 aromatic rings. The lowest BCUT2D eigenvalue weighted by Gasteiger charge is -2.09. The molecule has 0 heterocycles. The summed E-state index contributed by atoms with van der Waals surface area (Å²) in [6.07, 6.45) is -4.39. The summed E-state index contributed by atoms with van der Waals surface area (Å²) in [7, 11) is -3.62. The first-order valence-electron chi connectivity index (χ1n) is 6.08. The predicted octanol–water partition coefficient (Wildman–Crippen LogP) is 3.29. The molecule has 0 amide bonds. The largest absolute Gasteiger partial charge is 0.457 e. The molecule has 0 aliphatic heterocycles. The second kappa shape index (κ2) is 5.98. The van der Waals surface area contributed by atoms with Gasteiger partial charge >= 0.3 is 6.18 Å². The highest BCUT2D eigenvalue weighted by Gasteiger charge is 2.30. The zero-order chi connectivity index (χ0) is 16.4. The van der Waals surface area contributed by atoms with E-state index in [1.54, 1.807) is 0 Å². The third-order valence-corrected chi connectivity index (χ3v) is 3.44. The zero-order valence-corrected chi connectivity index (χ0v) is 12.0. The SMILES string of the molecule is NS(=O)(=O)Cc1ccc(Oc2ccc(C(F)(F)F)cc2)cc1. The molecule has 2 aromatic carbocycles. The number of hydrogen-bond acceptors (Lipinski definition) is 3. The lowest BCUT2D eigenvalue weighted by Crippen LogP contribution is -2.14. The number of halogens is 3. The summed E-state index contributed by atoms with van der Waals surface area (Å²) in [6.45, 7) is 0. The number of ether oxygens (including phenoxy) is 1. The van der Waals surface area contributed by atoms with Crippen molar-refractivity contribution in [1.29, 1.82) is 0 Å². The molecule has 8 heteroatoms. The molecule has 2 N–H and O–H groups in total. The number of sulfonamides is 1. The lowest BCUT2D eigenvalue weighted by molar-refractivity contribution is -0.137. The topological polar surface area (TPSA) is 69.4 Å². The van der Waals surface area contributed by atoms with Crippen LogP contribution in [0.25, 0.3) is 0 Å². The van der Waals surface area contributed by atoms with Crippen molar-refractivity contribution in [1.82, 2.24) is 0 Å². The van der Waals surface area contributed by atoms with E-state index in [9.17, 15) is 21.6 Å². The van der Waals surface area contributed by atoms with Gasteiger partial charge in [0.1, 0.15) is 11.5 Å². The van der Waals surface area contributed by atoms with Gasteiger partial charge in [-0.25, -0.2) is 13.6 Å². The average Bonchev–Trinajstić information content (AvgIpc) is 2.39. The molecule has 0 aliphatic carbocycles. The fraction of sp³-hybridized carbons (Fsp3) is 0.143. The van der Waals surface area contributed by atoms with Crippen LogP contribution in [0.5, 0.6) is 11.5 Å². The van der Waals surface area contributed by atoms with Crippen molar-refractivity contribution in [2.24, 2.45) is 5.14 Å². The van der Waals surface area contributed by atoms with Crippen molar-refractivity contribution < 1.29 is 26.3 Å². The van der Waals surface area contributed by atoms with Crippen LogP contribution in [0.2, 0.25) is 0 Å². The minimum Gasteiger partial charge on any atom is -0.457 e. The molecule has 0 unspecified atom stereocenters. The van der Waals surface area contributed by atoms with E-state index in [0.29, 0.717) is 11.3 Å². The van der Waals surface area contributed by atoms with E-state index < -0.39 is 21.8 Å². The van der Waals surface area contributed by atoms with Crippen molar-refractivity contribution in [3.63, 3.8) is 0 Å². The van der Waals surface area contributed by atoms with Gasteiger partial charge < -0.3 is 4.74 Å². The smallest absolute Gasteiger partial charge is 0.416 e. The summed E-state index contributed by atoms with van der Waals surface area (Å²) in [5.41, 5.74) is -0.273. The van der Waals surface area contributed by atoms with Crippen molar-refractivity contribution in [2.75, 3.05) is 0 Å². The number of primary sulfonamides is 1. The van der Waals surface area contributed by atoms with E-state index >= 15 is 0 Å². The molecule has 4 nitrogen and oxygen atoms in total. The Bertz CT molecular complexity index is 738. The van der Waals surface area contributed by atoms with Gasteiger partial charge in [0.05, 0.1) is 11.3 Å². The monoisotopic (exact) mass is 331 g/mol. The van der Waals surface area contributed by atoms with Gasteiger partial charge in [-0.3, -0.25) is 0 Å². The highest BCUT2D eigenvalue weighted by Crippen LogP contribution is 2.31. The van der Waals surface area contributed by atoms with Gasteiger partial charge in [0.2, 0.25) is 10.0 Å². The van der Waals surface area contributed by atoms with Crippen molar-refractivity contribution >= 4 is 10.0 Å². The normalized spacial score (nSPS) is 12.2. The Balaban J connectivity index is 2.08. The van der Waals surface area contributed by atoms with Crippen LogP contribution >= 0.6 is 0 Å². The molecule has 0 fully saturated rings. The van der Waals surface area contributed by atoms with E-state index in [0.717, 1.165) is 12.1 Å². The van der Waals surface area contributed by atoms with Gasteiger partial charge in [-0.2, -0.15) is 13.2 Å². The third-order valence-electron chi connectivity index (χ3n) is 2.71. The summed E-state index contributed by atoms with van der Waals surface area (Å²) in [5.74, 6) is 0.318. The maximum absolute atomic E-state index is 12.4. The van der Waals surface area contributed by atoms with Gasteiger partial charge in [0, 0.05) is 0 Å². The molecule has 118 valence electrons. The van der Waals surface area contributed by atoms with Crippen molar-refractivity contribution in [2.45, 2.75) is 11.9 Å². The molecule has 0 bridgehead atoms. The Morgan fingerprint density at radius 3 is 1.77 bits per heavy atom. The Morgan fingerprint density at radius 2 is 1.36 bits per heavy atom. The lowest BCUT2D eigenvalue weighted by atomic mass is 10.2. The van der Waals surface area contributed by atoms with Gasteiger partial charge in [-0.05, 0) is 42.0 Å². The summed E-state index contributed by atoms with van der Waals surface area (Å²) in [5, 5.41) is 4.93. The standard InChI is InChI=1S/C14H12F3NO3S/c15-14(16,17)11-3-7-13(8-4-11)21-12-5-1-10(2-6-12)9-22(18,19)20/h1-8H,9H2,(H2,18,19,20). The maximum atomic E-state index is 12.4. The Labute approximate surface area is 125 Å². The molecule has 2 rings (SSSR count). The minimum atomic E-state index is -4.39. The molecular formula is C14H12F3NO3S. The second-order valence-corrected chi connectivity index (χ2v) is 6.19. The van der Waals surface area contributed by atoms with Crippen molar-refractivity contribution in [3.05, 3.63) is 59.7 Å². The molecule has 0 atom stereocenters. The van der Waals surface area contributed by atoms with Gasteiger partial charge in [0.15, 0.2) is 0 Å². The minimum absolute atomic E-state index is 0.243. The van der Waals surface area contributed by atoms with Crippen LogP contribution < -0.4 is 9.88 Å². The molecule has 0 saturated heterocycles. The summed E-state index contributed by atoms with van der Waals surface area (Å²) in [4.78, 5) is 0. The van der Waals surface area contributed by atoms with Crippen LogP contribution in [0.1, 0.15) is 11.1 Å². The van der Waals surface area contributed by atoms with Crippen molar-refractivity contribution in [3.8, 4) is 11.5 Å². The highest BCUT2D eigenvalue weighted by molar-refractivity contribution is 7.88. The Morgan fingerprint density at radius 1 is 0.909 bits per heavy atom. The first-order chi connectivity index (χ1) is 10.1. The summed E-state index contributed by atoms with van der Waals surface area (Å²) in [6, 6.07) is 10.3. The fourth-order valence-electron chi connectivity index (χ4n) is 1.73. The number of alkyl halides is 3. The summed E-state index contributed by atoms with van der Waals surface area (Å²) < 4.78 is 64.5. The van der Waals surface area contributed by atoms with Crippen LogP contribution in [0, 0.1) is 0 Å². The van der Waals surface area contributed by atoms with Gasteiger partial charge in [-0.1, -0.05) is 12.1 Å². The van der Waals surface area contributed by atoms with Crippen LogP contribution in [0.15, 0.2) is 48.5 Å². The Hall–Kier alpha value is -2.06. The maximum Gasteiger partial charge on any atom is 0.416 e. The molecule has 0 aromatic heterocycles. The molecule has 0 aliphatic rings. The number of benzene rings is 2. The predicted molar refractivity (Wildman–Crippen MR) is 74.8 cm³/mol. The van der Waals surface area contributed by atoms with Crippen LogP contribution in [-0.4, -0.2) is 8.42 Å². The zero-order valence-electron chi connectivity index (χ0n) is 11.2. The molecular weight excluding hydrogens is 319 g/mol. The van der Waals surface area contributed by atoms with E-state index in [1.807, 2.05) is 0 Å². The first kappa shape index (κ1) is 16.3. The van der Waals surface area contributed by atoms with E-state index in [-0.39, 0.29) is 11.5 Å². The Kier molecular flexibility index (Phi) is 4.43. The quantitative estimate of drug-likeness (QED) is 0.935. The number of hydrogen-bond donors (Lipinski definition) is 1. The van der Waals surface area contributed by atoms with E-state index in [2.05, 4.69) is 0 Å². The van der Waals surface area contributed by atoms with Crippen LogP contribution in [0.3, 0.4) is 0 Å². The van der Waals surface area contributed by atoms with Crippen LogP contribution in [0.4, 0.5) is 13.2 Å². The highest BCUT2D eigenvalue weighted by atomic mass is 32.2. The van der Waals surface area contributed by atoms with Gasteiger partial charge in [-0.15, -0.1) is 0 Å². The fourth-order valence-corrected chi connectivity index (χ4v) is 2.39.